The Morgan fingerprint density at radius 1 is 1.22 bits per heavy atom. The molecule has 1 saturated heterocycles. The maximum absolute atomic E-state index is 13.2. The number of carbonyl (C=O) groups excluding carboxylic acids is 2. The summed E-state index contributed by atoms with van der Waals surface area (Å²) in [6, 6.07) is -0.157. The van der Waals surface area contributed by atoms with E-state index in [9.17, 15) is 14.7 Å². The lowest BCUT2D eigenvalue weighted by Crippen LogP contribution is -2.51. The van der Waals surface area contributed by atoms with Crippen molar-refractivity contribution >= 4 is 28.0 Å². The minimum absolute atomic E-state index is 0.0593. The number of rotatable bonds is 7. The highest BCUT2D eigenvalue weighted by Crippen LogP contribution is 2.30. The molecule has 37 heavy (non-hydrogen) atoms. The van der Waals surface area contributed by atoms with E-state index < -0.39 is 0 Å². The van der Waals surface area contributed by atoms with Crippen LogP contribution in [0.5, 0.6) is 0 Å². The fourth-order valence-electron chi connectivity index (χ4n) is 4.45. The van der Waals surface area contributed by atoms with Gasteiger partial charge in [0.1, 0.15) is 4.83 Å². The molecule has 3 unspecified atom stereocenters. The number of morpholine rings is 1. The van der Waals surface area contributed by atoms with E-state index in [4.69, 9.17) is 4.74 Å². The highest BCUT2D eigenvalue weighted by Gasteiger charge is 2.27. The number of aliphatic hydroxyl groups is 1. The highest BCUT2D eigenvalue weighted by atomic mass is 32.1. The van der Waals surface area contributed by atoms with Gasteiger partial charge in [0.25, 0.3) is 5.91 Å². The monoisotopic (exact) mass is 526 g/mol. The fraction of sp³-hybridized carbons (Fsp3) is 0.417. The molecule has 0 aliphatic carbocycles. The van der Waals surface area contributed by atoms with Gasteiger partial charge in [0.15, 0.2) is 0 Å². The number of dihydropyridines is 1. The van der Waals surface area contributed by atoms with Crippen LogP contribution in [0.3, 0.4) is 0 Å². The predicted molar refractivity (Wildman–Crippen MR) is 138 cm³/mol. The van der Waals surface area contributed by atoms with E-state index in [0.717, 1.165) is 15.3 Å². The Labute approximate surface area is 217 Å². The van der Waals surface area contributed by atoms with Crippen LogP contribution in [-0.4, -0.2) is 85.7 Å². The zero-order valence-corrected chi connectivity index (χ0v) is 21.7. The number of ether oxygens (including phenoxy) is 1. The summed E-state index contributed by atoms with van der Waals surface area (Å²) in [7, 11) is 1.86. The molecule has 5 heterocycles. The average molecular weight is 527 g/mol. The SMILES string of the molecule is CC1CN(CC(=O)NC2=CNC(C)C(NC(=O)c3cnn4cc(-c5cnn(C)c5)sc34)=C2)CC(CO)O1. The molecule has 3 atom stereocenters. The third-order valence-electron chi connectivity index (χ3n) is 6.21. The van der Waals surface area contributed by atoms with Crippen LogP contribution in [-0.2, 0) is 16.6 Å². The van der Waals surface area contributed by atoms with Crippen LogP contribution in [0.1, 0.15) is 24.2 Å². The summed E-state index contributed by atoms with van der Waals surface area (Å²) in [5, 5.41) is 27.0. The molecule has 0 saturated carbocycles. The van der Waals surface area contributed by atoms with Crippen LogP contribution < -0.4 is 16.0 Å². The van der Waals surface area contributed by atoms with E-state index in [1.807, 2.05) is 38.2 Å². The summed E-state index contributed by atoms with van der Waals surface area (Å²) in [4.78, 5) is 29.5. The number of hydrogen-bond donors (Lipinski definition) is 4. The van der Waals surface area contributed by atoms with Crippen LogP contribution in [0.2, 0.25) is 0 Å². The highest BCUT2D eigenvalue weighted by molar-refractivity contribution is 7.21. The van der Waals surface area contributed by atoms with Gasteiger partial charge in [-0.05, 0) is 19.9 Å². The van der Waals surface area contributed by atoms with Gasteiger partial charge in [-0.15, -0.1) is 11.3 Å². The van der Waals surface area contributed by atoms with E-state index in [2.05, 4.69) is 26.1 Å². The third kappa shape index (κ3) is 5.59. The van der Waals surface area contributed by atoms with E-state index in [1.54, 1.807) is 33.9 Å². The number of aromatic nitrogens is 4. The summed E-state index contributed by atoms with van der Waals surface area (Å²) in [6.45, 7) is 5.04. The number of amides is 2. The van der Waals surface area contributed by atoms with Gasteiger partial charge in [-0.1, -0.05) is 0 Å². The first-order valence-corrected chi connectivity index (χ1v) is 12.8. The molecular formula is C24H30N8O4S. The number of thiazole rings is 1. The second-order valence-corrected chi connectivity index (χ2v) is 10.4. The second kappa shape index (κ2) is 10.5. The molecule has 4 N–H and O–H groups in total. The standard InChI is InChI=1S/C24H30N8O4S/c1-14-8-31(10-18(13-33)36-14)12-22(34)28-17-4-20(15(2)25-6-17)29-23(35)19-7-27-32-11-21(37-24(19)32)16-5-26-30(3)9-16/h4-7,9,11,14-15,18,25,33H,8,10,12-13H2,1-3H3,(H,28,34)(H,29,35). The maximum Gasteiger partial charge on any atom is 0.260 e. The van der Waals surface area contributed by atoms with E-state index in [0.29, 0.717) is 30.0 Å². The van der Waals surface area contributed by atoms with Crippen LogP contribution in [0.4, 0.5) is 0 Å². The number of aliphatic hydroxyl groups excluding tert-OH is 1. The molecule has 0 bridgehead atoms. The molecule has 0 aromatic carbocycles. The maximum atomic E-state index is 13.2. The van der Waals surface area contributed by atoms with Gasteiger partial charge in [0.2, 0.25) is 5.91 Å². The normalized spacial score (nSPS) is 22.3. The number of nitrogens with one attached hydrogen (secondary N) is 3. The van der Waals surface area contributed by atoms with Crippen LogP contribution >= 0.6 is 11.3 Å². The molecule has 3 aromatic rings. The van der Waals surface area contributed by atoms with Crippen LogP contribution in [0.25, 0.3) is 15.3 Å². The van der Waals surface area contributed by atoms with Crippen molar-refractivity contribution in [3.8, 4) is 10.4 Å². The molecule has 196 valence electrons. The second-order valence-electron chi connectivity index (χ2n) is 9.34. The molecule has 2 aliphatic rings. The van der Waals surface area contributed by atoms with Crippen molar-refractivity contribution in [3.63, 3.8) is 0 Å². The minimum Gasteiger partial charge on any atom is -0.394 e. The minimum atomic E-state index is -0.297. The smallest absolute Gasteiger partial charge is 0.260 e. The van der Waals surface area contributed by atoms with Gasteiger partial charge in [-0.3, -0.25) is 19.2 Å². The molecule has 2 aliphatic heterocycles. The Kier molecular flexibility index (Phi) is 7.11. The zero-order valence-electron chi connectivity index (χ0n) is 20.8. The summed E-state index contributed by atoms with van der Waals surface area (Å²) in [6.07, 6.45) is 10.2. The molecule has 13 heteroatoms. The molecular weight excluding hydrogens is 496 g/mol. The van der Waals surface area contributed by atoms with Gasteiger partial charge < -0.3 is 25.8 Å². The van der Waals surface area contributed by atoms with Crippen LogP contribution in [0, 0.1) is 0 Å². The molecule has 12 nitrogen and oxygen atoms in total. The van der Waals surface area contributed by atoms with E-state index in [-0.39, 0.29) is 43.2 Å². The molecule has 5 rings (SSSR count). The molecule has 2 amide bonds. The van der Waals surface area contributed by atoms with Crippen molar-refractivity contribution in [1.82, 2.24) is 40.2 Å². The topological polar surface area (TPSA) is 138 Å². The van der Waals surface area contributed by atoms with E-state index in [1.165, 1.54) is 11.3 Å². The summed E-state index contributed by atoms with van der Waals surface area (Å²) >= 11 is 1.47. The quantitative estimate of drug-likeness (QED) is 0.348. The largest absolute Gasteiger partial charge is 0.394 e. The number of fused-ring (bicyclic) bond motifs is 1. The van der Waals surface area contributed by atoms with Gasteiger partial charge in [-0.25, -0.2) is 4.52 Å². The Hall–Kier alpha value is -3.52. The van der Waals surface area contributed by atoms with Crippen molar-refractivity contribution in [2.45, 2.75) is 32.1 Å². The number of carbonyl (C=O) groups is 2. The molecule has 0 radical (unpaired) electrons. The number of allylic oxidation sites excluding steroid dienone is 1. The number of hydrogen-bond acceptors (Lipinski definition) is 9. The first kappa shape index (κ1) is 25.1. The zero-order chi connectivity index (χ0) is 26.1. The average Bonchev–Trinajstić information content (AvgIpc) is 3.56. The van der Waals surface area contributed by atoms with Crippen molar-refractivity contribution in [3.05, 3.63) is 54.0 Å². The van der Waals surface area contributed by atoms with Crippen molar-refractivity contribution in [1.29, 1.82) is 0 Å². The summed E-state index contributed by atoms with van der Waals surface area (Å²) < 4.78 is 9.06. The number of nitrogens with zero attached hydrogens (tertiary/aromatic N) is 5. The Bertz CT molecular complexity index is 1370. The van der Waals surface area contributed by atoms with Crippen molar-refractivity contribution in [2.24, 2.45) is 7.05 Å². The third-order valence-corrected chi connectivity index (χ3v) is 7.37. The van der Waals surface area contributed by atoms with Gasteiger partial charge in [-0.2, -0.15) is 10.2 Å². The first-order chi connectivity index (χ1) is 17.8. The van der Waals surface area contributed by atoms with Gasteiger partial charge in [0.05, 0.1) is 59.9 Å². The lowest BCUT2D eigenvalue weighted by molar-refractivity contribution is -0.127. The van der Waals surface area contributed by atoms with Crippen LogP contribution in [0.15, 0.2) is 48.5 Å². The van der Waals surface area contributed by atoms with Gasteiger partial charge in [0, 0.05) is 50.0 Å². The molecule has 0 spiro atoms. The molecule has 1 fully saturated rings. The Morgan fingerprint density at radius 3 is 2.81 bits per heavy atom. The number of aryl methyl sites for hydroxylation is 1. The molecule has 3 aromatic heterocycles. The summed E-state index contributed by atoms with van der Waals surface area (Å²) in [5.41, 5.74) is 2.61. The van der Waals surface area contributed by atoms with E-state index >= 15 is 0 Å². The Morgan fingerprint density at radius 2 is 2.05 bits per heavy atom. The lowest BCUT2D eigenvalue weighted by Gasteiger charge is -2.35. The van der Waals surface area contributed by atoms with Crippen molar-refractivity contribution < 1.29 is 19.4 Å². The summed E-state index contributed by atoms with van der Waals surface area (Å²) in [5.74, 6) is -0.463. The van der Waals surface area contributed by atoms with Gasteiger partial charge >= 0.3 is 0 Å². The van der Waals surface area contributed by atoms with Crippen molar-refractivity contribution in [2.75, 3.05) is 26.2 Å². The lowest BCUT2D eigenvalue weighted by atomic mass is 10.1. The fourth-order valence-corrected chi connectivity index (χ4v) is 5.48. The predicted octanol–water partition coefficient (Wildman–Crippen LogP) is 0.441. The Balaban J connectivity index is 1.24. The first-order valence-electron chi connectivity index (χ1n) is 12.0.